The van der Waals surface area contributed by atoms with E-state index in [1.54, 1.807) is 10.5 Å². The molecule has 0 fully saturated rings. The van der Waals surface area contributed by atoms with Crippen LogP contribution >= 0.6 is 11.3 Å². The van der Waals surface area contributed by atoms with Crippen LogP contribution in [0.25, 0.3) is 16.0 Å². The topological polar surface area (TPSA) is 118 Å². The molecule has 10 heteroatoms. The number of benzene rings is 2. The monoisotopic (exact) mass is 556 g/mol. The quantitative estimate of drug-likeness (QED) is 0.195. The molecule has 0 amide bonds. The number of hydrogen-bond donors (Lipinski definition) is 3. The number of nitrogens with zero attached hydrogens (tertiary/aromatic N) is 3. The molecule has 0 spiro atoms. The van der Waals surface area contributed by atoms with Gasteiger partial charge < -0.3 is 15.8 Å². The fourth-order valence-corrected chi connectivity index (χ4v) is 5.57. The summed E-state index contributed by atoms with van der Waals surface area (Å²) in [4.78, 5) is 23.0. The highest BCUT2D eigenvalue weighted by Crippen LogP contribution is 2.32. The summed E-state index contributed by atoms with van der Waals surface area (Å²) in [6, 6.07) is 15.4. The van der Waals surface area contributed by atoms with Gasteiger partial charge in [-0.15, -0.1) is 11.3 Å². The number of thiazole rings is 1. The van der Waals surface area contributed by atoms with E-state index in [0.717, 1.165) is 21.7 Å². The maximum absolute atomic E-state index is 14.8. The lowest BCUT2D eigenvalue weighted by atomic mass is 9.96. The molecule has 204 valence electrons. The highest BCUT2D eigenvalue weighted by atomic mass is 32.1. The number of nitrogens with two attached hydrogens (primary N) is 1. The van der Waals surface area contributed by atoms with Gasteiger partial charge in [-0.25, -0.2) is 14.4 Å². The van der Waals surface area contributed by atoms with E-state index < -0.39 is 11.9 Å². The average Bonchev–Trinajstić information content (AvgIpc) is 3.30. The number of nitrogens with one attached hydrogen (secondary N) is 2. The molecule has 0 saturated heterocycles. The zero-order valence-electron chi connectivity index (χ0n) is 22.5. The number of anilines is 2. The van der Waals surface area contributed by atoms with Gasteiger partial charge in [0.1, 0.15) is 22.8 Å². The standard InChI is InChI=1S/C30H29FN6O2S/c1-16(2)39-23-11-10-20(12-22(23)31)27(32)26-28(33)34-15-35-29(26)36-18(4)21-13-24-37(17(3)14-40-24)30(38)25(21)19-8-6-5-7-9-19/h5-16,18,32H,1-4H3,(H3,33,34,35,36)/t18-/m0/s1. The predicted octanol–water partition coefficient (Wildman–Crippen LogP) is 6.22. The number of hydrogen-bond acceptors (Lipinski definition) is 8. The van der Waals surface area contributed by atoms with Crippen LogP contribution in [-0.4, -0.2) is 26.2 Å². The maximum Gasteiger partial charge on any atom is 0.264 e. The van der Waals surface area contributed by atoms with E-state index >= 15 is 0 Å². The van der Waals surface area contributed by atoms with E-state index in [4.69, 9.17) is 15.9 Å². The molecule has 3 heterocycles. The third kappa shape index (κ3) is 5.05. The van der Waals surface area contributed by atoms with Crippen molar-refractivity contribution in [3.63, 3.8) is 0 Å². The van der Waals surface area contributed by atoms with Crippen LogP contribution in [0.3, 0.4) is 0 Å². The van der Waals surface area contributed by atoms with Crippen molar-refractivity contribution in [3.05, 3.63) is 105 Å². The van der Waals surface area contributed by atoms with Gasteiger partial charge in [0.2, 0.25) is 0 Å². The SMILES string of the molecule is Cc1csc2cc([C@H](C)Nc3ncnc(N)c3C(=N)c3ccc(OC(C)C)c(F)c3)c(-c3ccccc3)c(=O)n12. The Bertz CT molecular complexity index is 1780. The number of aryl methyl sites for hydroxylation is 1. The Hall–Kier alpha value is -4.57. The molecular formula is C30H29FN6O2S. The van der Waals surface area contributed by atoms with E-state index in [-0.39, 0.29) is 34.5 Å². The number of pyridine rings is 1. The van der Waals surface area contributed by atoms with E-state index in [1.165, 1.54) is 29.8 Å². The van der Waals surface area contributed by atoms with Gasteiger partial charge in [0.15, 0.2) is 11.6 Å². The summed E-state index contributed by atoms with van der Waals surface area (Å²) in [5.74, 6) is -0.101. The summed E-state index contributed by atoms with van der Waals surface area (Å²) >= 11 is 1.49. The summed E-state index contributed by atoms with van der Waals surface area (Å²) in [5, 5.41) is 14.2. The summed E-state index contributed by atoms with van der Waals surface area (Å²) in [6.45, 7) is 7.45. The van der Waals surface area contributed by atoms with Crippen molar-refractivity contribution in [3.8, 4) is 16.9 Å². The van der Waals surface area contributed by atoms with Crippen molar-refractivity contribution in [2.24, 2.45) is 0 Å². The van der Waals surface area contributed by atoms with Gasteiger partial charge in [0.25, 0.3) is 5.56 Å². The molecule has 5 aromatic rings. The van der Waals surface area contributed by atoms with E-state index in [9.17, 15) is 9.18 Å². The molecule has 0 bridgehead atoms. The molecule has 40 heavy (non-hydrogen) atoms. The zero-order chi connectivity index (χ0) is 28.6. The van der Waals surface area contributed by atoms with Crippen LogP contribution in [-0.2, 0) is 0 Å². The van der Waals surface area contributed by atoms with Gasteiger partial charge in [-0.05, 0) is 63.1 Å². The first kappa shape index (κ1) is 27.0. The summed E-state index contributed by atoms with van der Waals surface area (Å²) in [5.41, 5.74) is 9.61. The fraction of sp³-hybridized carbons (Fsp3) is 0.200. The summed E-state index contributed by atoms with van der Waals surface area (Å²) < 4.78 is 22.0. The van der Waals surface area contributed by atoms with Crippen LogP contribution in [0.2, 0.25) is 0 Å². The lowest BCUT2D eigenvalue weighted by molar-refractivity contribution is 0.231. The molecule has 3 aromatic heterocycles. The molecule has 0 aliphatic carbocycles. The second-order valence-electron chi connectivity index (χ2n) is 9.73. The minimum absolute atomic E-state index is 0.0458. The van der Waals surface area contributed by atoms with E-state index in [1.807, 2.05) is 69.5 Å². The molecule has 2 aromatic carbocycles. The van der Waals surface area contributed by atoms with Crippen molar-refractivity contribution in [1.29, 1.82) is 5.41 Å². The number of fused-ring (bicyclic) bond motifs is 1. The lowest BCUT2D eigenvalue weighted by Crippen LogP contribution is -2.22. The van der Waals surface area contributed by atoms with Crippen LogP contribution in [0.15, 0.2) is 71.1 Å². The Balaban J connectivity index is 1.56. The Kier molecular flexibility index (Phi) is 7.36. The van der Waals surface area contributed by atoms with Crippen LogP contribution < -0.4 is 21.3 Å². The van der Waals surface area contributed by atoms with Crippen molar-refractivity contribution in [1.82, 2.24) is 14.4 Å². The third-order valence-corrected chi connectivity index (χ3v) is 7.50. The van der Waals surface area contributed by atoms with E-state index in [0.29, 0.717) is 16.9 Å². The largest absolute Gasteiger partial charge is 0.488 e. The Morgan fingerprint density at radius 2 is 1.88 bits per heavy atom. The van der Waals surface area contributed by atoms with Gasteiger partial charge in [-0.1, -0.05) is 30.3 Å². The number of aromatic nitrogens is 3. The summed E-state index contributed by atoms with van der Waals surface area (Å²) in [6.07, 6.45) is 1.11. The molecule has 0 aliphatic heterocycles. The molecule has 8 nitrogen and oxygen atoms in total. The minimum atomic E-state index is -0.582. The van der Waals surface area contributed by atoms with Gasteiger partial charge in [0.05, 0.1) is 29.0 Å². The smallest absolute Gasteiger partial charge is 0.264 e. The zero-order valence-corrected chi connectivity index (χ0v) is 23.3. The fourth-order valence-electron chi connectivity index (χ4n) is 4.65. The number of nitrogen functional groups attached to an aromatic ring is 1. The van der Waals surface area contributed by atoms with Crippen molar-refractivity contribution < 1.29 is 9.13 Å². The molecule has 0 unspecified atom stereocenters. The number of rotatable bonds is 8. The highest BCUT2D eigenvalue weighted by Gasteiger charge is 2.23. The Morgan fingerprint density at radius 1 is 1.12 bits per heavy atom. The highest BCUT2D eigenvalue weighted by molar-refractivity contribution is 7.15. The van der Waals surface area contributed by atoms with Crippen LogP contribution in [0.1, 0.15) is 49.2 Å². The van der Waals surface area contributed by atoms with Crippen molar-refractivity contribution in [2.75, 3.05) is 11.1 Å². The second-order valence-corrected chi connectivity index (χ2v) is 10.6. The van der Waals surface area contributed by atoms with Crippen LogP contribution in [0.4, 0.5) is 16.0 Å². The van der Waals surface area contributed by atoms with E-state index in [2.05, 4.69) is 15.3 Å². The molecule has 1 atom stereocenters. The molecule has 5 rings (SSSR count). The third-order valence-electron chi connectivity index (χ3n) is 6.50. The van der Waals surface area contributed by atoms with Gasteiger partial charge in [0, 0.05) is 16.6 Å². The van der Waals surface area contributed by atoms with Gasteiger partial charge in [-0.2, -0.15) is 0 Å². The normalized spacial score (nSPS) is 12.1. The van der Waals surface area contributed by atoms with Gasteiger partial charge in [-0.3, -0.25) is 14.6 Å². The molecular weight excluding hydrogens is 527 g/mol. The molecule has 4 N–H and O–H groups in total. The lowest BCUT2D eigenvalue weighted by Gasteiger charge is -2.21. The van der Waals surface area contributed by atoms with Gasteiger partial charge >= 0.3 is 0 Å². The average molecular weight is 557 g/mol. The minimum Gasteiger partial charge on any atom is -0.488 e. The van der Waals surface area contributed by atoms with Crippen LogP contribution in [0.5, 0.6) is 5.75 Å². The first-order valence-corrected chi connectivity index (χ1v) is 13.6. The maximum atomic E-state index is 14.8. The first-order valence-electron chi connectivity index (χ1n) is 12.8. The number of halogens is 1. The van der Waals surface area contributed by atoms with Crippen molar-refractivity contribution in [2.45, 2.75) is 39.8 Å². The molecule has 0 aliphatic rings. The molecule has 0 saturated carbocycles. The van der Waals surface area contributed by atoms with Crippen LogP contribution in [0, 0.1) is 18.2 Å². The number of ether oxygens (including phenoxy) is 1. The first-order chi connectivity index (χ1) is 19.2. The molecule has 0 radical (unpaired) electrons. The predicted molar refractivity (Wildman–Crippen MR) is 158 cm³/mol. The van der Waals surface area contributed by atoms with Crippen molar-refractivity contribution >= 4 is 33.5 Å². The second kappa shape index (κ2) is 10.9. The Morgan fingerprint density at radius 3 is 2.58 bits per heavy atom. The Labute approximate surface area is 234 Å². The summed E-state index contributed by atoms with van der Waals surface area (Å²) in [7, 11) is 0.